The van der Waals surface area contributed by atoms with Crippen LogP contribution in [0, 0.1) is 17.6 Å². The number of aromatic amines is 1. The summed E-state index contributed by atoms with van der Waals surface area (Å²) in [6.07, 6.45) is 10.1. The van der Waals surface area contributed by atoms with Crippen molar-refractivity contribution in [1.29, 1.82) is 0 Å². The molecule has 13 nitrogen and oxygen atoms in total. The molecule has 4 fully saturated rings. The van der Waals surface area contributed by atoms with E-state index in [1.165, 1.54) is 12.3 Å². The highest BCUT2D eigenvalue weighted by Gasteiger charge is 2.33. The van der Waals surface area contributed by atoms with E-state index in [2.05, 4.69) is 46.0 Å². The number of halogens is 2. The van der Waals surface area contributed by atoms with Gasteiger partial charge in [-0.05, 0) is 113 Å². The maximum absolute atomic E-state index is 15.2. The van der Waals surface area contributed by atoms with E-state index >= 15 is 4.39 Å². The third kappa shape index (κ3) is 9.04. The lowest BCUT2D eigenvalue weighted by molar-refractivity contribution is -0.133. The molecule has 1 atom stereocenters. The van der Waals surface area contributed by atoms with Crippen LogP contribution in [0.4, 0.5) is 26.1 Å². The number of anilines is 3. The van der Waals surface area contributed by atoms with Gasteiger partial charge in [0.05, 0.1) is 11.9 Å². The van der Waals surface area contributed by atoms with E-state index < -0.39 is 11.9 Å². The van der Waals surface area contributed by atoms with E-state index in [4.69, 9.17) is 0 Å². The Morgan fingerprint density at radius 2 is 1.53 bits per heavy atom. The first-order chi connectivity index (χ1) is 28.2. The van der Waals surface area contributed by atoms with Gasteiger partial charge in [0.1, 0.15) is 17.6 Å². The van der Waals surface area contributed by atoms with Gasteiger partial charge in [0.25, 0.3) is 5.56 Å². The van der Waals surface area contributed by atoms with Crippen molar-refractivity contribution in [2.24, 2.45) is 5.92 Å². The highest BCUT2D eigenvalue weighted by Crippen LogP contribution is 2.31. The van der Waals surface area contributed by atoms with Crippen molar-refractivity contribution >= 4 is 35.0 Å². The summed E-state index contributed by atoms with van der Waals surface area (Å²) in [5, 5.41) is 12.1. The average Bonchev–Trinajstić information content (AvgIpc) is 3.24. The van der Waals surface area contributed by atoms with Crippen LogP contribution in [0.3, 0.4) is 0 Å². The van der Waals surface area contributed by atoms with Crippen molar-refractivity contribution in [3.05, 3.63) is 89.0 Å². The number of pyridine rings is 1. The molecule has 5 heterocycles. The van der Waals surface area contributed by atoms with E-state index in [1.807, 2.05) is 0 Å². The lowest BCUT2D eigenvalue weighted by Crippen LogP contribution is -2.50. The molecule has 15 heteroatoms. The highest BCUT2D eigenvalue weighted by atomic mass is 19.1. The molecule has 1 aliphatic carbocycles. The van der Waals surface area contributed by atoms with E-state index in [0.29, 0.717) is 46.5 Å². The quantitative estimate of drug-likeness (QED) is 0.135. The van der Waals surface area contributed by atoms with E-state index in [1.54, 1.807) is 54.7 Å². The van der Waals surface area contributed by atoms with Crippen LogP contribution in [0.1, 0.15) is 64.2 Å². The molecule has 58 heavy (non-hydrogen) atoms. The number of carbonyl (C=O) groups is 3. The first kappa shape index (κ1) is 39.1. The minimum absolute atomic E-state index is 0.0154. The molecule has 3 amide bonds. The topological polar surface area (TPSA) is 164 Å². The van der Waals surface area contributed by atoms with Crippen LogP contribution in [-0.4, -0.2) is 87.9 Å². The number of amides is 3. The van der Waals surface area contributed by atoms with Gasteiger partial charge in [-0.25, -0.2) is 18.7 Å². The smallest absolute Gasteiger partial charge is 0.255 e. The zero-order valence-corrected chi connectivity index (χ0v) is 32.3. The van der Waals surface area contributed by atoms with Gasteiger partial charge in [-0.2, -0.15) is 0 Å². The third-order valence-electron chi connectivity index (χ3n) is 12.2. The summed E-state index contributed by atoms with van der Waals surface area (Å²) in [5.74, 6) is -1.12. The first-order valence-electron chi connectivity index (χ1n) is 20.4. The van der Waals surface area contributed by atoms with Gasteiger partial charge in [-0.3, -0.25) is 24.5 Å². The van der Waals surface area contributed by atoms with Crippen LogP contribution in [0.15, 0.2) is 71.8 Å². The standard InChI is InChI=1S/C43H49F2N9O4/c44-34-24-31(48-36-11-13-38(55)51-42(36)58)10-12-37(34)54-21-16-32(17-22-54)53-19-14-26(15-20-53)40(56)49-29-6-8-30(9-7-29)50-43-47-25-35(45)39(52-43)28-4-1-3-27(23-28)33-5-2-18-46-41(33)57/h1-5,10,12,18,23-26,29-30,32,36,48H,6-9,11,13-17,19-22H2,(H,46,57)(H,49,56)(H,47,50,52)(H,51,55,58)/t29-,30-,36-/m1/s1. The SMILES string of the molecule is O=C1CC[C@@H](Nc2ccc(N3CCC(N4CCC(C(=O)N[C@H]5CC[C@H](Nc6ncc(F)c(-c7cccc(-c8ccc[nH]c8=O)c7)n6)CC5)CC4)CC3)c(F)c2)C(=O)N1. The van der Waals surface area contributed by atoms with Crippen LogP contribution in [0.2, 0.25) is 0 Å². The largest absolute Gasteiger partial charge is 0.374 e. The fraction of sp³-hybridized carbons (Fsp3) is 0.442. The Hall–Kier alpha value is -5.70. The monoisotopic (exact) mass is 793 g/mol. The molecule has 2 aromatic heterocycles. The zero-order chi connectivity index (χ0) is 40.2. The number of nitrogens with one attached hydrogen (secondary N) is 5. The van der Waals surface area contributed by atoms with Gasteiger partial charge in [-0.15, -0.1) is 0 Å². The fourth-order valence-electron chi connectivity index (χ4n) is 8.89. The normalized spacial score (nSPS) is 22.3. The third-order valence-corrected chi connectivity index (χ3v) is 12.2. The number of imide groups is 1. The predicted octanol–water partition coefficient (Wildman–Crippen LogP) is 5.21. The van der Waals surface area contributed by atoms with Crippen LogP contribution < -0.4 is 31.7 Å². The molecule has 1 saturated carbocycles. The molecule has 304 valence electrons. The Kier molecular flexibility index (Phi) is 11.8. The Labute approximate surface area is 335 Å². The number of piperidine rings is 3. The summed E-state index contributed by atoms with van der Waals surface area (Å²) in [6.45, 7) is 3.20. The molecule has 4 aromatic rings. The van der Waals surface area contributed by atoms with Gasteiger partial charge in [0.15, 0.2) is 5.82 Å². The number of nitrogens with zero attached hydrogens (tertiary/aromatic N) is 4. The summed E-state index contributed by atoms with van der Waals surface area (Å²) in [4.78, 5) is 65.2. The zero-order valence-electron chi connectivity index (χ0n) is 32.3. The lowest BCUT2D eigenvalue weighted by Gasteiger charge is -2.42. The molecule has 4 aliphatic rings. The molecule has 0 spiro atoms. The van der Waals surface area contributed by atoms with E-state index in [-0.39, 0.29) is 59.2 Å². The van der Waals surface area contributed by atoms with Gasteiger partial charge in [-0.1, -0.05) is 18.2 Å². The second-order valence-corrected chi connectivity index (χ2v) is 15.9. The maximum atomic E-state index is 15.2. The molecule has 3 aliphatic heterocycles. The first-order valence-corrected chi connectivity index (χ1v) is 20.4. The van der Waals surface area contributed by atoms with Crippen molar-refractivity contribution in [1.82, 2.24) is 30.5 Å². The fourth-order valence-corrected chi connectivity index (χ4v) is 8.89. The highest BCUT2D eigenvalue weighted by molar-refractivity contribution is 6.01. The van der Waals surface area contributed by atoms with Crippen molar-refractivity contribution in [3.63, 3.8) is 0 Å². The van der Waals surface area contributed by atoms with E-state index in [0.717, 1.165) is 77.5 Å². The number of H-pyrrole nitrogens is 1. The molecular weight excluding hydrogens is 745 g/mol. The molecule has 2 aromatic carbocycles. The predicted molar refractivity (Wildman–Crippen MR) is 217 cm³/mol. The van der Waals surface area contributed by atoms with Gasteiger partial charge in [0, 0.05) is 66.6 Å². The Bertz CT molecular complexity index is 2190. The van der Waals surface area contributed by atoms with Crippen molar-refractivity contribution in [2.75, 3.05) is 41.7 Å². The molecule has 0 unspecified atom stereocenters. The summed E-state index contributed by atoms with van der Waals surface area (Å²) >= 11 is 0. The molecule has 8 rings (SSSR count). The van der Waals surface area contributed by atoms with Crippen molar-refractivity contribution in [2.45, 2.75) is 88.4 Å². The number of rotatable bonds is 10. The van der Waals surface area contributed by atoms with Gasteiger partial charge >= 0.3 is 0 Å². The molecular formula is C43H49F2N9O4. The van der Waals surface area contributed by atoms with Crippen molar-refractivity contribution in [3.8, 4) is 22.4 Å². The second-order valence-electron chi connectivity index (χ2n) is 15.9. The molecule has 5 N–H and O–H groups in total. The summed E-state index contributed by atoms with van der Waals surface area (Å²) < 4.78 is 30.2. The minimum atomic E-state index is -0.563. The number of carbonyl (C=O) groups excluding carboxylic acids is 3. The maximum Gasteiger partial charge on any atom is 0.255 e. The van der Waals surface area contributed by atoms with Crippen LogP contribution in [0.25, 0.3) is 22.4 Å². The summed E-state index contributed by atoms with van der Waals surface area (Å²) in [5.41, 5.74) is 2.69. The van der Waals surface area contributed by atoms with Crippen LogP contribution in [-0.2, 0) is 14.4 Å². The number of hydrogen-bond acceptors (Lipinski definition) is 10. The number of aromatic nitrogens is 3. The number of hydrogen-bond donors (Lipinski definition) is 5. The number of benzene rings is 2. The summed E-state index contributed by atoms with van der Waals surface area (Å²) in [7, 11) is 0. The summed E-state index contributed by atoms with van der Waals surface area (Å²) in [6, 6.07) is 15.5. The van der Waals surface area contributed by atoms with Gasteiger partial charge in [0.2, 0.25) is 23.7 Å². The minimum Gasteiger partial charge on any atom is -0.374 e. The Morgan fingerprint density at radius 3 is 2.28 bits per heavy atom. The second kappa shape index (κ2) is 17.4. The number of likely N-dealkylation sites (tertiary alicyclic amines) is 1. The van der Waals surface area contributed by atoms with E-state index in [9.17, 15) is 23.6 Å². The van der Waals surface area contributed by atoms with Crippen molar-refractivity contribution < 1.29 is 23.2 Å². The lowest BCUT2D eigenvalue weighted by atomic mass is 9.89. The van der Waals surface area contributed by atoms with Crippen LogP contribution >= 0.6 is 0 Å². The van der Waals surface area contributed by atoms with Gasteiger partial charge < -0.3 is 30.7 Å². The Morgan fingerprint density at radius 1 is 0.776 bits per heavy atom. The molecule has 0 bridgehead atoms. The molecule has 0 radical (unpaired) electrons. The van der Waals surface area contributed by atoms with Crippen LogP contribution in [0.5, 0.6) is 0 Å². The molecule has 3 saturated heterocycles. The Balaban J connectivity index is 0.760. The average molecular weight is 794 g/mol.